The molecule has 0 aromatic heterocycles. The highest BCUT2D eigenvalue weighted by Gasteiger charge is 2.44. The van der Waals surface area contributed by atoms with E-state index < -0.39 is 11.7 Å². The van der Waals surface area contributed by atoms with Crippen molar-refractivity contribution in [2.24, 2.45) is 0 Å². The van der Waals surface area contributed by atoms with Crippen LogP contribution in [0.4, 0.5) is 13.2 Å². The fraction of sp³-hybridized carbons (Fsp3) is 0.324. The van der Waals surface area contributed by atoms with Crippen LogP contribution in [0.5, 0.6) is 5.75 Å². The molecular weight excluding hydrogens is 525 g/mol. The average molecular weight is 559 g/mol. The Morgan fingerprint density at radius 1 is 0.878 bits per heavy atom. The number of piperidine rings is 1. The highest BCUT2D eigenvalue weighted by molar-refractivity contribution is 5.95. The summed E-state index contributed by atoms with van der Waals surface area (Å²) in [5.74, 6) is 0.246. The van der Waals surface area contributed by atoms with E-state index in [0.29, 0.717) is 18.4 Å². The van der Waals surface area contributed by atoms with Gasteiger partial charge in [-0.3, -0.25) is 9.69 Å². The molecule has 0 radical (unpaired) electrons. The molecule has 2 atom stereocenters. The molecule has 2 aliphatic rings. The lowest BCUT2D eigenvalue weighted by atomic mass is 9.98. The quantitative estimate of drug-likeness (QED) is 0.233. The molecule has 4 aromatic carbocycles. The Morgan fingerprint density at radius 3 is 2.29 bits per heavy atom. The molecule has 4 aromatic rings. The van der Waals surface area contributed by atoms with Crippen LogP contribution < -0.4 is 4.74 Å². The van der Waals surface area contributed by atoms with Crippen LogP contribution >= 0.6 is 0 Å². The lowest BCUT2D eigenvalue weighted by Gasteiger charge is -2.39. The smallest absolute Gasteiger partial charge is 0.416 e. The first-order valence-electron chi connectivity index (χ1n) is 14.2. The van der Waals surface area contributed by atoms with E-state index in [0.717, 1.165) is 43.6 Å². The average Bonchev–Trinajstić information content (AvgIpc) is 3.23. The first-order chi connectivity index (χ1) is 19.7. The molecule has 212 valence electrons. The second-order valence-corrected chi connectivity index (χ2v) is 11.3. The number of carbonyl (C=O) groups excluding carboxylic acids is 1. The van der Waals surface area contributed by atoms with Gasteiger partial charge in [0.25, 0.3) is 5.91 Å². The fourth-order valence-electron chi connectivity index (χ4n) is 6.48. The predicted octanol–water partition coefficient (Wildman–Crippen LogP) is 7.71. The summed E-state index contributed by atoms with van der Waals surface area (Å²) in [6.07, 6.45) is -1.60. The number of amides is 1. The fourth-order valence-corrected chi connectivity index (χ4v) is 6.48. The van der Waals surface area contributed by atoms with Crippen molar-refractivity contribution in [2.45, 2.75) is 63.1 Å². The second kappa shape index (κ2) is 11.2. The summed E-state index contributed by atoms with van der Waals surface area (Å²) >= 11 is 0. The van der Waals surface area contributed by atoms with E-state index in [1.54, 1.807) is 6.07 Å². The van der Waals surface area contributed by atoms with Crippen LogP contribution in [0.15, 0.2) is 91.0 Å². The third kappa shape index (κ3) is 5.96. The van der Waals surface area contributed by atoms with Gasteiger partial charge in [0.2, 0.25) is 0 Å². The van der Waals surface area contributed by atoms with Gasteiger partial charge in [0.05, 0.1) is 5.56 Å². The van der Waals surface area contributed by atoms with Crippen molar-refractivity contribution < 1.29 is 22.7 Å². The van der Waals surface area contributed by atoms with Crippen LogP contribution in [0, 0.1) is 0 Å². The molecule has 41 heavy (non-hydrogen) atoms. The number of rotatable bonds is 7. The van der Waals surface area contributed by atoms with Crippen molar-refractivity contribution in [3.05, 3.63) is 113 Å². The van der Waals surface area contributed by atoms with Gasteiger partial charge in [0.1, 0.15) is 11.9 Å². The zero-order chi connectivity index (χ0) is 28.6. The van der Waals surface area contributed by atoms with E-state index in [1.165, 1.54) is 22.4 Å². The third-order valence-electron chi connectivity index (χ3n) is 8.36. The van der Waals surface area contributed by atoms with E-state index in [9.17, 15) is 18.0 Å². The zero-order valence-electron chi connectivity index (χ0n) is 23.0. The van der Waals surface area contributed by atoms with Crippen molar-refractivity contribution in [1.29, 1.82) is 0 Å². The Labute approximate surface area is 238 Å². The van der Waals surface area contributed by atoms with Crippen molar-refractivity contribution >= 4 is 16.7 Å². The predicted molar refractivity (Wildman–Crippen MR) is 154 cm³/mol. The summed E-state index contributed by atoms with van der Waals surface area (Å²) in [6.45, 7) is 1.59. The van der Waals surface area contributed by atoms with Gasteiger partial charge in [0.15, 0.2) is 0 Å². The Kier molecular flexibility index (Phi) is 7.47. The molecule has 0 N–H and O–H groups in total. The molecule has 4 nitrogen and oxygen atoms in total. The standard InChI is InChI=1S/C34H33F3N2O2/c1-38(22-26-8-4-7-24-6-2-3-11-32(24)26)21-23-12-14-25(15-13-23)33(40)39-28-16-17-29(39)20-31(19-28)41-30-10-5-9-27(18-30)34(35,36)37/h2-15,18,28-29,31H,16-17,19-22H2,1H3. The van der Waals surface area contributed by atoms with Gasteiger partial charge >= 0.3 is 6.18 Å². The lowest BCUT2D eigenvalue weighted by Crippen LogP contribution is -2.49. The molecule has 2 fully saturated rings. The van der Waals surface area contributed by atoms with E-state index in [2.05, 4.69) is 54.4 Å². The van der Waals surface area contributed by atoms with Crippen molar-refractivity contribution in [1.82, 2.24) is 9.80 Å². The molecule has 2 bridgehead atoms. The van der Waals surface area contributed by atoms with Gasteiger partial charge in [0, 0.05) is 43.6 Å². The minimum atomic E-state index is -4.41. The number of hydrogen-bond acceptors (Lipinski definition) is 3. The van der Waals surface area contributed by atoms with Crippen LogP contribution in [-0.2, 0) is 19.3 Å². The number of hydrogen-bond donors (Lipinski definition) is 0. The maximum absolute atomic E-state index is 13.5. The highest BCUT2D eigenvalue weighted by atomic mass is 19.4. The molecule has 0 saturated carbocycles. The third-order valence-corrected chi connectivity index (χ3v) is 8.36. The first kappa shape index (κ1) is 27.3. The summed E-state index contributed by atoms with van der Waals surface area (Å²) < 4.78 is 45.3. The van der Waals surface area contributed by atoms with Crippen LogP contribution in [0.1, 0.15) is 52.7 Å². The van der Waals surface area contributed by atoms with E-state index >= 15 is 0 Å². The first-order valence-corrected chi connectivity index (χ1v) is 14.2. The van der Waals surface area contributed by atoms with Crippen LogP contribution in [-0.4, -0.2) is 40.9 Å². The Balaban J connectivity index is 1.07. The Bertz CT molecular complexity index is 1520. The van der Waals surface area contributed by atoms with E-state index in [-0.39, 0.29) is 29.8 Å². The van der Waals surface area contributed by atoms with Gasteiger partial charge in [-0.25, -0.2) is 0 Å². The normalized spacial score (nSPS) is 20.5. The van der Waals surface area contributed by atoms with Crippen LogP contribution in [0.25, 0.3) is 10.8 Å². The molecule has 2 saturated heterocycles. The zero-order valence-corrected chi connectivity index (χ0v) is 23.0. The molecule has 2 heterocycles. The van der Waals surface area contributed by atoms with E-state index in [4.69, 9.17) is 4.74 Å². The minimum Gasteiger partial charge on any atom is -0.490 e. The molecule has 0 spiro atoms. The summed E-state index contributed by atoms with van der Waals surface area (Å²) in [7, 11) is 2.10. The Morgan fingerprint density at radius 2 is 1.56 bits per heavy atom. The number of carbonyl (C=O) groups is 1. The summed E-state index contributed by atoms with van der Waals surface area (Å²) in [5.41, 5.74) is 2.38. The SMILES string of the molecule is CN(Cc1ccc(C(=O)N2C3CCC2CC(Oc2cccc(C(F)(F)F)c2)C3)cc1)Cc1cccc2ccccc12. The topological polar surface area (TPSA) is 32.8 Å². The lowest BCUT2D eigenvalue weighted by molar-refractivity contribution is -0.137. The van der Waals surface area contributed by atoms with Gasteiger partial charge in [-0.15, -0.1) is 0 Å². The number of alkyl halides is 3. The molecule has 2 unspecified atom stereocenters. The summed E-state index contributed by atoms with van der Waals surface area (Å²) in [4.78, 5) is 17.8. The molecule has 1 amide bonds. The van der Waals surface area contributed by atoms with Gasteiger partial charge < -0.3 is 9.64 Å². The van der Waals surface area contributed by atoms with Gasteiger partial charge in [-0.1, -0.05) is 60.7 Å². The van der Waals surface area contributed by atoms with Crippen LogP contribution in [0.2, 0.25) is 0 Å². The number of halogens is 3. The van der Waals surface area contributed by atoms with Crippen molar-refractivity contribution in [3.8, 4) is 5.75 Å². The van der Waals surface area contributed by atoms with Gasteiger partial charge in [-0.05, 0) is 72.1 Å². The maximum atomic E-state index is 13.5. The van der Waals surface area contributed by atoms with Crippen molar-refractivity contribution in [2.75, 3.05) is 7.05 Å². The molecule has 6 rings (SSSR count). The second-order valence-electron chi connectivity index (χ2n) is 11.3. The number of nitrogens with zero attached hydrogens (tertiary/aromatic N) is 2. The maximum Gasteiger partial charge on any atom is 0.416 e. The molecule has 7 heteroatoms. The highest BCUT2D eigenvalue weighted by Crippen LogP contribution is 2.39. The number of benzene rings is 4. The minimum absolute atomic E-state index is 0.0191. The largest absolute Gasteiger partial charge is 0.490 e. The summed E-state index contributed by atoms with van der Waals surface area (Å²) in [6, 6.07) is 27.8. The monoisotopic (exact) mass is 558 g/mol. The van der Waals surface area contributed by atoms with Gasteiger partial charge in [-0.2, -0.15) is 13.2 Å². The molecule has 2 aliphatic heterocycles. The van der Waals surface area contributed by atoms with Crippen molar-refractivity contribution in [3.63, 3.8) is 0 Å². The summed E-state index contributed by atoms with van der Waals surface area (Å²) in [5, 5.41) is 2.50. The number of ether oxygens (including phenoxy) is 1. The number of fused-ring (bicyclic) bond motifs is 3. The molecule has 0 aliphatic carbocycles. The van der Waals surface area contributed by atoms with Crippen LogP contribution in [0.3, 0.4) is 0 Å². The van der Waals surface area contributed by atoms with E-state index in [1.807, 2.05) is 29.2 Å². The molecular formula is C34H33F3N2O2. The Hall–Kier alpha value is -3.84.